The van der Waals surface area contributed by atoms with E-state index < -0.39 is 0 Å². The first kappa shape index (κ1) is 9.71. The number of hydrogen-bond acceptors (Lipinski definition) is 2. The summed E-state index contributed by atoms with van der Waals surface area (Å²) < 4.78 is 2.33. The van der Waals surface area contributed by atoms with Crippen LogP contribution in [0.1, 0.15) is 37.1 Å². The van der Waals surface area contributed by atoms with Crippen molar-refractivity contribution in [2.75, 3.05) is 13.6 Å². The molecule has 1 aromatic rings. The number of likely N-dealkylation sites (N-methyl/N-ethyl adjacent to an activating group) is 1. The third-order valence-corrected chi connectivity index (χ3v) is 3.07. The molecule has 14 heavy (non-hydrogen) atoms. The van der Waals surface area contributed by atoms with E-state index in [4.69, 9.17) is 0 Å². The Morgan fingerprint density at radius 2 is 2.50 bits per heavy atom. The molecule has 0 saturated carbocycles. The monoisotopic (exact) mass is 193 g/mol. The van der Waals surface area contributed by atoms with Crippen molar-refractivity contribution in [2.24, 2.45) is 0 Å². The highest BCUT2D eigenvalue weighted by atomic mass is 15.1. The van der Waals surface area contributed by atoms with Gasteiger partial charge in [-0.3, -0.25) is 0 Å². The van der Waals surface area contributed by atoms with Crippen LogP contribution in [0.5, 0.6) is 0 Å². The molecule has 0 spiro atoms. The summed E-state index contributed by atoms with van der Waals surface area (Å²) in [6.07, 6.45) is 5.69. The van der Waals surface area contributed by atoms with Crippen LogP contribution in [0.25, 0.3) is 0 Å². The van der Waals surface area contributed by atoms with Gasteiger partial charge in [-0.1, -0.05) is 6.92 Å². The summed E-state index contributed by atoms with van der Waals surface area (Å²) in [5.41, 5.74) is 2.78. The van der Waals surface area contributed by atoms with Gasteiger partial charge in [0.1, 0.15) is 0 Å². The lowest BCUT2D eigenvalue weighted by Gasteiger charge is -2.21. The Morgan fingerprint density at radius 3 is 3.29 bits per heavy atom. The number of imidazole rings is 1. The van der Waals surface area contributed by atoms with E-state index in [9.17, 15) is 0 Å². The standard InChI is InChI=1S/C11H19N3/c1-9-4-3-7-14-8-13-10(11(9)14)5-6-12-2/h8-9,12H,3-7H2,1-2H3. The molecular formula is C11H19N3. The number of hydrogen-bond donors (Lipinski definition) is 1. The average molecular weight is 193 g/mol. The predicted molar refractivity (Wildman–Crippen MR) is 57.5 cm³/mol. The molecule has 0 radical (unpaired) electrons. The topological polar surface area (TPSA) is 29.9 Å². The Balaban J connectivity index is 2.20. The van der Waals surface area contributed by atoms with E-state index in [1.54, 1.807) is 0 Å². The van der Waals surface area contributed by atoms with Crippen molar-refractivity contribution >= 4 is 0 Å². The van der Waals surface area contributed by atoms with E-state index in [2.05, 4.69) is 21.8 Å². The van der Waals surface area contributed by atoms with E-state index in [-0.39, 0.29) is 0 Å². The van der Waals surface area contributed by atoms with Gasteiger partial charge in [-0.25, -0.2) is 4.98 Å². The first-order valence-corrected chi connectivity index (χ1v) is 5.51. The lowest BCUT2D eigenvalue weighted by molar-refractivity contribution is 0.471. The van der Waals surface area contributed by atoms with Crippen molar-refractivity contribution in [1.29, 1.82) is 0 Å². The van der Waals surface area contributed by atoms with Gasteiger partial charge in [0.15, 0.2) is 0 Å². The number of nitrogens with one attached hydrogen (secondary N) is 1. The lowest BCUT2D eigenvalue weighted by Crippen LogP contribution is -2.16. The summed E-state index contributed by atoms with van der Waals surface area (Å²) in [5, 5.41) is 3.18. The predicted octanol–water partition coefficient (Wildman–Crippen LogP) is 1.54. The van der Waals surface area contributed by atoms with Crippen LogP contribution in [0.3, 0.4) is 0 Å². The van der Waals surface area contributed by atoms with Gasteiger partial charge in [0.2, 0.25) is 0 Å². The summed E-state index contributed by atoms with van der Waals surface area (Å²) >= 11 is 0. The first-order valence-electron chi connectivity index (χ1n) is 5.51. The summed E-state index contributed by atoms with van der Waals surface area (Å²) in [6.45, 7) is 4.50. The zero-order valence-corrected chi connectivity index (χ0v) is 9.08. The highest BCUT2D eigenvalue weighted by molar-refractivity contribution is 5.19. The van der Waals surface area contributed by atoms with Gasteiger partial charge in [-0.15, -0.1) is 0 Å². The van der Waals surface area contributed by atoms with Crippen LogP contribution >= 0.6 is 0 Å². The van der Waals surface area contributed by atoms with Crippen LogP contribution in [-0.2, 0) is 13.0 Å². The largest absolute Gasteiger partial charge is 0.334 e. The van der Waals surface area contributed by atoms with Gasteiger partial charge in [-0.05, 0) is 25.8 Å². The molecule has 0 amide bonds. The van der Waals surface area contributed by atoms with E-state index in [0.717, 1.165) is 19.5 Å². The van der Waals surface area contributed by atoms with Gasteiger partial charge in [-0.2, -0.15) is 0 Å². The molecule has 1 N–H and O–H groups in total. The summed E-state index contributed by atoms with van der Waals surface area (Å²) in [4.78, 5) is 4.51. The second-order valence-corrected chi connectivity index (χ2v) is 4.17. The maximum atomic E-state index is 4.51. The van der Waals surface area contributed by atoms with Crippen molar-refractivity contribution in [3.05, 3.63) is 17.7 Å². The molecule has 2 heterocycles. The van der Waals surface area contributed by atoms with Crippen molar-refractivity contribution in [3.63, 3.8) is 0 Å². The first-order chi connectivity index (χ1) is 6.83. The molecule has 1 aliphatic heterocycles. The van der Waals surface area contributed by atoms with Gasteiger partial charge < -0.3 is 9.88 Å². The number of fused-ring (bicyclic) bond motifs is 1. The minimum absolute atomic E-state index is 0.693. The van der Waals surface area contributed by atoms with Crippen molar-refractivity contribution < 1.29 is 0 Å². The van der Waals surface area contributed by atoms with Crippen LogP contribution in [0.4, 0.5) is 0 Å². The Kier molecular flexibility index (Phi) is 2.87. The fraction of sp³-hybridized carbons (Fsp3) is 0.727. The number of nitrogens with zero attached hydrogens (tertiary/aromatic N) is 2. The molecule has 0 fully saturated rings. The Hall–Kier alpha value is -0.830. The summed E-state index contributed by atoms with van der Waals surface area (Å²) in [7, 11) is 1.99. The molecule has 3 nitrogen and oxygen atoms in total. The third-order valence-electron chi connectivity index (χ3n) is 3.07. The van der Waals surface area contributed by atoms with Crippen molar-refractivity contribution in [3.8, 4) is 0 Å². The van der Waals surface area contributed by atoms with E-state index in [1.165, 1.54) is 24.2 Å². The van der Waals surface area contributed by atoms with Crippen LogP contribution in [0, 0.1) is 0 Å². The normalized spacial score (nSPS) is 20.9. The molecule has 78 valence electrons. The van der Waals surface area contributed by atoms with Crippen LogP contribution in [-0.4, -0.2) is 23.1 Å². The van der Waals surface area contributed by atoms with Gasteiger partial charge in [0.05, 0.1) is 12.0 Å². The maximum Gasteiger partial charge on any atom is 0.0951 e. The highest BCUT2D eigenvalue weighted by Crippen LogP contribution is 2.28. The second kappa shape index (κ2) is 4.13. The Bertz CT molecular complexity index is 303. The Morgan fingerprint density at radius 1 is 1.64 bits per heavy atom. The molecule has 0 aliphatic carbocycles. The van der Waals surface area contributed by atoms with Gasteiger partial charge >= 0.3 is 0 Å². The molecule has 0 aromatic carbocycles. The Labute approximate surface area is 85.5 Å². The third kappa shape index (κ3) is 1.69. The van der Waals surface area contributed by atoms with E-state index in [1.807, 2.05) is 13.4 Å². The fourth-order valence-electron chi connectivity index (χ4n) is 2.32. The van der Waals surface area contributed by atoms with Crippen molar-refractivity contribution in [2.45, 2.75) is 38.6 Å². The maximum absolute atomic E-state index is 4.51. The molecule has 2 rings (SSSR count). The molecule has 0 bridgehead atoms. The van der Waals surface area contributed by atoms with Gasteiger partial charge in [0, 0.05) is 25.2 Å². The van der Waals surface area contributed by atoms with Crippen LogP contribution in [0.15, 0.2) is 6.33 Å². The average Bonchev–Trinajstić information content (AvgIpc) is 2.59. The van der Waals surface area contributed by atoms with E-state index >= 15 is 0 Å². The second-order valence-electron chi connectivity index (χ2n) is 4.17. The SMILES string of the molecule is CNCCc1ncn2c1C(C)CCC2. The molecule has 1 atom stereocenters. The molecule has 1 aromatic heterocycles. The lowest BCUT2D eigenvalue weighted by atomic mass is 9.95. The number of aromatic nitrogens is 2. The smallest absolute Gasteiger partial charge is 0.0951 e. The van der Waals surface area contributed by atoms with Crippen LogP contribution < -0.4 is 5.32 Å². The van der Waals surface area contributed by atoms with Crippen LogP contribution in [0.2, 0.25) is 0 Å². The van der Waals surface area contributed by atoms with E-state index in [0.29, 0.717) is 5.92 Å². The summed E-state index contributed by atoms with van der Waals surface area (Å²) in [5.74, 6) is 0.693. The van der Waals surface area contributed by atoms with Gasteiger partial charge in [0.25, 0.3) is 0 Å². The zero-order valence-electron chi connectivity index (χ0n) is 9.08. The van der Waals surface area contributed by atoms with Crippen molar-refractivity contribution in [1.82, 2.24) is 14.9 Å². The summed E-state index contributed by atoms with van der Waals surface area (Å²) in [6, 6.07) is 0. The minimum atomic E-state index is 0.693. The fourth-order valence-corrected chi connectivity index (χ4v) is 2.32. The quantitative estimate of drug-likeness (QED) is 0.789. The minimum Gasteiger partial charge on any atom is -0.334 e. The number of aryl methyl sites for hydroxylation is 1. The highest BCUT2D eigenvalue weighted by Gasteiger charge is 2.20. The zero-order chi connectivity index (χ0) is 9.97. The molecule has 3 heteroatoms. The molecule has 1 unspecified atom stereocenters. The molecule has 1 aliphatic rings. The number of rotatable bonds is 3. The molecule has 0 saturated heterocycles. The molecular weight excluding hydrogens is 174 g/mol.